The second-order valence-electron chi connectivity index (χ2n) is 6.54. The average molecular weight is 402 g/mol. The SMILES string of the molecule is Cc1cc(N2CCN(C(=O)[C@H]3CCCCN3)CC2)n2ncnc2n1.Cl.Cl. The number of carbonyl (C=O) groups is 1. The topological polar surface area (TPSA) is 78.7 Å². The number of aryl methyl sites for hydroxylation is 1. The molecule has 2 aromatic rings. The van der Waals surface area contributed by atoms with Crippen LogP contribution in [0.25, 0.3) is 5.78 Å². The Balaban J connectivity index is 0.00000121. The molecule has 0 radical (unpaired) electrons. The molecule has 0 spiro atoms. The van der Waals surface area contributed by atoms with E-state index in [4.69, 9.17) is 0 Å². The monoisotopic (exact) mass is 401 g/mol. The molecule has 8 nitrogen and oxygen atoms in total. The molecule has 26 heavy (non-hydrogen) atoms. The van der Waals surface area contributed by atoms with E-state index in [9.17, 15) is 4.79 Å². The number of rotatable bonds is 2. The zero-order chi connectivity index (χ0) is 16.5. The number of amides is 1. The van der Waals surface area contributed by atoms with Crippen LogP contribution in [0, 0.1) is 6.92 Å². The number of nitrogens with one attached hydrogen (secondary N) is 1. The van der Waals surface area contributed by atoms with Crippen molar-refractivity contribution in [1.82, 2.24) is 29.8 Å². The zero-order valence-electron chi connectivity index (χ0n) is 14.8. The first-order valence-electron chi connectivity index (χ1n) is 8.67. The van der Waals surface area contributed by atoms with Crippen molar-refractivity contribution in [1.29, 1.82) is 0 Å². The van der Waals surface area contributed by atoms with Crippen LogP contribution >= 0.6 is 24.8 Å². The summed E-state index contributed by atoms with van der Waals surface area (Å²) >= 11 is 0. The number of carbonyl (C=O) groups excluding carboxylic acids is 1. The Morgan fingerprint density at radius 3 is 2.65 bits per heavy atom. The molecule has 2 aliphatic heterocycles. The minimum Gasteiger partial charge on any atom is -0.353 e. The largest absolute Gasteiger partial charge is 0.353 e. The minimum atomic E-state index is 0. The lowest BCUT2D eigenvalue weighted by molar-refractivity contribution is -0.134. The first-order chi connectivity index (χ1) is 11.7. The molecule has 0 aliphatic carbocycles. The molecule has 144 valence electrons. The van der Waals surface area contributed by atoms with Crippen LogP contribution in [0.15, 0.2) is 12.4 Å². The van der Waals surface area contributed by atoms with Crippen molar-refractivity contribution < 1.29 is 4.79 Å². The van der Waals surface area contributed by atoms with Gasteiger partial charge in [0.1, 0.15) is 12.1 Å². The number of hydrogen-bond acceptors (Lipinski definition) is 6. The fourth-order valence-electron chi connectivity index (χ4n) is 3.58. The molecule has 2 aromatic heterocycles. The van der Waals surface area contributed by atoms with Crippen LogP contribution in [0.1, 0.15) is 25.0 Å². The highest BCUT2D eigenvalue weighted by atomic mass is 35.5. The number of nitrogens with zero attached hydrogens (tertiary/aromatic N) is 6. The van der Waals surface area contributed by atoms with Gasteiger partial charge in [0, 0.05) is 37.9 Å². The van der Waals surface area contributed by atoms with Gasteiger partial charge in [-0.2, -0.15) is 14.6 Å². The molecule has 4 rings (SSSR count). The van der Waals surface area contributed by atoms with Crippen molar-refractivity contribution in [3.8, 4) is 0 Å². The summed E-state index contributed by atoms with van der Waals surface area (Å²) in [6.45, 7) is 6.01. The van der Waals surface area contributed by atoms with E-state index in [0.717, 1.165) is 57.1 Å². The molecule has 2 fully saturated rings. The highest BCUT2D eigenvalue weighted by molar-refractivity contribution is 5.85. The summed E-state index contributed by atoms with van der Waals surface area (Å²) in [7, 11) is 0. The van der Waals surface area contributed by atoms with Crippen LogP contribution in [0.2, 0.25) is 0 Å². The third-order valence-electron chi connectivity index (χ3n) is 4.88. The van der Waals surface area contributed by atoms with Gasteiger partial charge in [0.2, 0.25) is 5.91 Å². The van der Waals surface area contributed by atoms with Crippen LogP contribution in [0.3, 0.4) is 0 Å². The average Bonchev–Trinajstić information content (AvgIpc) is 3.09. The minimum absolute atomic E-state index is 0. The molecule has 0 unspecified atom stereocenters. The number of aromatic nitrogens is 4. The van der Waals surface area contributed by atoms with Crippen LogP contribution in [-0.4, -0.2) is 69.2 Å². The highest BCUT2D eigenvalue weighted by Crippen LogP contribution is 2.19. The van der Waals surface area contributed by atoms with Crippen molar-refractivity contribution in [2.45, 2.75) is 32.2 Å². The summed E-state index contributed by atoms with van der Waals surface area (Å²) < 4.78 is 1.77. The lowest BCUT2D eigenvalue weighted by atomic mass is 10.0. The number of hydrogen-bond donors (Lipinski definition) is 1. The molecule has 10 heteroatoms. The van der Waals surface area contributed by atoms with E-state index in [1.165, 1.54) is 12.7 Å². The molecular formula is C16H25Cl2N7O. The van der Waals surface area contributed by atoms with Gasteiger partial charge in [-0.05, 0) is 26.3 Å². The van der Waals surface area contributed by atoms with E-state index in [2.05, 4.69) is 25.3 Å². The van der Waals surface area contributed by atoms with Crippen molar-refractivity contribution in [2.75, 3.05) is 37.6 Å². The zero-order valence-corrected chi connectivity index (χ0v) is 16.4. The van der Waals surface area contributed by atoms with Gasteiger partial charge >= 0.3 is 0 Å². The predicted molar refractivity (Wildman–Crippen MR) is 104 cm³/mol. The van der Waals surface area contributed by atoms with Gasteiger partial charge in [-0.3, -0.25) is 4.79 Å². The van der Waals surface area contributed by atoms with Crippen molar-refractivity contribution in [3.63, 3.8) is 0 Å². The summed E-state index contributed by atoms with van der Waals surface area (Å²) in [5.41, 5.74) is 0.926. The van der Waals surface area contributed by atoms with Gasteiger partial charge in [0.15, 0.2) is 0 Å². The van der Waals surface area contributed by atoms with Gasteiger partial charge in [0.25, 0.3) is 5.78 Å². The standard InChI is InChI=1S/C16H23N7O.2ClH/c1-12-10-14(23-16(20-12)18-11-19-23)21-6-8-22(9-7-21)15(24)13-4-2-3-5-17-13;;/h10-11,13,17H,2-9H2,1H3;2*1H/t13-;;/m1../s1. The maximum atomic E-state index is 12.6. The quantitative estimate of drug-likeness (QED) is 0.810. The van der Waals surface area contributed by atoms with E-state index in [1.807, 2.05) is 17.9 Å². The Morgan fingerprint density at radius 2 is 1.96 bits per heavy atom. The smallest absolute Gasteiger partial charge is 0.254 e. The number of halogens is 2. The lowest BCUT2D eigenvalue weighted by Crippen LogP contribution is -2.55. The van der Waals surface area contributed by atoms with E-state index in [0.29, 0.717) is 5.78 Å². The molecule has 1 N–H and O–H groups in total. The Hall–Kier alpha value is -1.64. The van der Waals surface area contributed by atoms with E-state index in [1.54, 1.807) is 4.52 Å². The third-order valence-corrected chi connectivity index (χ3v) is 4.88. The number of anilines is 1. The molecule has 0 aromatic carbocycles. The summed E-state index contributed by atoms with van der Waals surface area (Å²) in [5.74, 6) is 1.87. The third kappa shape index (κ3) is 4.02. The van der Waals surface area contributed by atoms with Crippen LogP contribution in [-0.2, 0) is 4.79 Å². The Kier molecular flexibility index (Phi) is 7.02. The number of piperazine rings is 1. The van der Waals surface area contributed by atoms with E-state index < -0.39 is 0 Å². The maximum Gasteiger partial charge on any atom is 0.254 e. The van der Waals surface area contributed by atoms with Gasteiger partial charge in [-0.1, -0.05) is 6.42 Å². The summed E-state index contributed by atoms with van der Waals surface area (Å²) in [6, 6.07) is 2.04. The normalized spacial score (nSPS) is 20.4. The fraction of sp³-hybridized carbons (Fsp3) is 0.625. The number of fused-ring (bicyclic) bond motifs is 1. The van der Waals surface area contributed by atoms with Crippen LogP contribution in [0.5, 0.6) is 0 Å². The van der Waals surface area contributed by atoms with Crippen molar-refractivity contribution in [2.24, 2.45) is 0 Å². The van der Waals surface area contributed by atoms with Crippen LogP contribution in [0.4, 0.5) is 5.82 Å². The lowest BCUT2D eigenvalue weighted by Gasteiger charge is -2.38. The fourth-order valence-corrected chi connectivity index (χ4v) is 3.58. The second-order valence-corrected chi connectivity index (χ2v) is 6.54. The van der Waals surface area contributed by atoms with Gasteiger partial charge in [0.05, 0.1) is 6.04 Å². The molecule has 1 amide bonds. The molecular weight excluding hydrogens is 377 g/mol. The summed E-state index contributed by atoms with van der Waals surface area (Å²) in [5, 5.41) is 7.63. The Morgan fingerprint density at radius 1 is 1.19 bits per heavy atom. The first kappa shape index (κ1) is 20.7. The van der Waals surface area contributed by atoms with Crippen molar-refractivity contribution >= 4 is 42.3 Å². The molecule has 2 aliphatic rings. The molecule has 0 saturated carbocycles. The second kappa shape index (κ2) is 8.83. The predicted octanol–water partition coefficient (Wildman–Crippen LogP) is 1.07. The molecule has 0 bridgehead atoms. The van der Waals surface area contributed by atoms with Crippen LogP contribution < -0.4 is 10.2 Å². The van der Waals surface area contributed by atoms with Gasteiger partial charge in [-0.25, -0.2) is 4.98 Å². The summed E-state index contributed by atoms with van der Waals surface area (Å²) in [6.07, 6.45) is 4.80. The van der Waals surface area contributed by atoms with E-state index in [-0.39, 0.29) is 36.8 Å². The van der Waals surface area contributed by atoms with Gasteiger partial charge < -0.3 is 15.1 Å². The molecule has 1 atom stereocenters. The summed E-state index contributed by atoms with van der Waals surface area (Å²) in [4.78, 5) is 25.4. The highest BCUT2D eigenvalue weighted by Gasteiger charge is 2.29. The maximum absolute atomic E-state index is 12.6. The Labute approximate surface area is 165 Å². The first-order valence-corrected chi connectivity index (χ1v) is 8.67. The van der Waals surface area contributed by atoms with Crippen molar-refractivity contribution in [3.05, 3.63) is 18.1 Å². The van der Waals surface area contributed by atoms with Gasteiger partial charge in [-0.15, -0.1) is 24.8 Å². The molecule has 2 saturated heterocycles. The number of piperidine rings is 1. The van der Waals surface area contributed by atoms with E-state index >= 15 is 0 Å². The Bertz CT molecular complexity index is 739. The molecule has 4 heterocycles.